The Bertz CT molecular complexity index is 474. The molecule has 7 heteroatoms. The number of aliphatic carboxylic acids is 1. The molecule has 0 spiro atoms. The van der Waals surface area contributed by atoms with E-state index >= 15 is 0 Å². The van der Waals surface area contributed by atoms with Crippen LogP contribution in [-0.2, 0) is 16.1 Å². The van der Waals surface area contributed by atoms with Gasteiger partial charge < -0.3 is 20.1 Å². The highest BCUT2D eigenvalue weighted by Gasteiger charge is 2.32. The monoisotopic (exact) mass is 284 g/mol. The maximum atomic E-state index is 12.0. The molecule has 2 N–H and O–H groups in total. The van der Waals surface area contributed by atoms with Gasteiger partial charge in [-0.25, -0.2) is 9.59 Å². The Balaban J connectivity index is 1.94. The van der Waals surface area contributed by atoms with Crippen LogP contribution in [0.2, 0.25) is 0 Å². The number of urea groups is 1. The van der Waals surface area contributed by atoms with E-state index < -0.39 is 12.0 Å². The van der Waals surface area contributed by atoms with Crippen LogP contribution < -0.4 is 5.32 Å². The maximum Gasteiger partial charge on any atom is 0.328 e. The standard InChI is InChI=1S/C12H16N2O4S/c1-8-6-19-7-9(8)4-13-12(17)14-2-3-18-5-10(14)11(15)16/h6-7,10H,2-5H2,1H3,(H,13,17)(H,15,16). The number of ether oxygens (including phenoxy) is 1. The van der Waals surface area contributed by atoms with E-state index in [2.05, 4.69) is 5.32 Å². The minimum absolute atomic E-state index is 0.0419. The number of carboxylic acids is 1. The molecule has 1 aliphatic rings. The molecule has 1 fully saturated rings. The summed E-state index contributed by atoms with van der Waals surface area (Å²) in [6, 6.07) is -1.27. The van der Waals surface area contributed by atoms with Gasteiger partial charge in [-0.2, -0.15) is 11.3 Å². The van der Waals surface area contributed by atoms with Crippen molar-refractivity contribution in [2.24, 2.45) is 0 Å². The molecule has 0 bridgehead atoms. The van der Waals surface area contributed by atoms with Crippen LogP contribution >= 0.6 is 11.3 Å². The van der Waals surface area contributed by atoms with Gasteiger partial charge in [0, 0.05) is 13.1 Å². The lowest BCUT2D eigenvalue weighted by molar-refractivity contribution is -0.147. The number of morpholine rings is 1. The molecule has 2 amide bonds. The molecule has 1 aromatic heterocycles. The first-order valence-electron chi connectivity index (χ1n) is 5.96. The van der Waals surface area contributed by atoms with E-state index in [9.17, 15) is 9.59 Å². The molecule has 0 saturated carbocycles. The smallest absolute Gasteiger partial charge is 0.328 e. The Morgan fingerprint density at radius 1 is 1.58 bits per heavy atom. The fourth-order valence-corrected chi connectivity index (χ4v) is 2.75. The molecule has 104 valence electrons. The Labute approximate surface area is 115 Å². The average Bonchev–Trinajstić information content (AvgIpc) is 2.81. The highest BCUT2D eigenvalue weighted by molar-refractivity contribution is 7.08. The zero-order valence-electron chi connectivity index (χ0n) is 10.6. The van der Waals surface area contributed by atoms with Crippen molar-refractivity contribution in [3.63, 3.8) is 0 Å². The number of carbonyl (C=O) groups excluding carboxylic acids is 1. The molecule has 19 heavy (non-hydrogen) atoms. The van der Waals surface area contributed by atoms with Crippen molar-refractivity contribution < 1.29 is 19.4 Å². The molecular formula is C12H16N2O4S. The maximum absolute atomic E-state index is 12.0. The molecule has 1 saturated heterocycles. The minimum atomic E-state index is -1.04. The van der Waals surface area contributed by atoms with Gasteiger partial charge >= 0.3 is 12.0 Å². The summed E-state index contributed by atoms with van der Waals surface area (Å²) >= 11 is 1.58. The molecule has 1 unspecified atom stereocenters. The van der Waals surface area contributed by atoms with Crippen molar-refractivity contribution >= 4 is 23.3 Å². The number of carboxylic acid groups (broad SMARTS) is 1. The third kappa shape index (κ3) is 3.24. The van der Waals surface area contributed by atoms with Crippen LogP contribution in [0.15, 0.2) is 10.8 Å². The average molecular weight is 284 g/mol. The summed E-state index contributed by atoms with van der Waals surface area (Å²) in [5, 5.41) is 15.8. The zero-order valence-corrected chi connectivity index (χ0v) is 11.4. The van der Waals surface area contributed by atoms with E-state index in [0.717, 1.165) is 11.1 Å². The predicted octanol–water partition coefficient (Wildman–Crippen LogP) is 1.05. The fraction of sp³-hybridized carbons (Fsp3) is 0.500. The van der Waals surface area contributed by atoms with Gasteiger partial charge in [0.25, 0.3) is 0 Å². The lowest BCUT2D eigenvalue weighted by Crippen LogP contribution is -2.55. The van der Waals surface area contributed by atoms with E-state index in [1.54, 1.807) is 11.3 Å². The van der Waals surface area contributed by atoms with Gasteiger partial charge in [0.15, 0.2) is 6.04 Å². The van der Waals surface area contributed by atoms with Crippen LogP contribution in [-0.4, -0.2) is 47.8 Å². The first-order chi connectivity index (χ1) is 9.09. The number of aryl methyl sites for hydroxylation is 1. The summed E-state index contributed by atoms with van der Waals surface area (Å²) in [6.45, 7) is 3.10. The number of hydrogen-bond acceptors (Lipinski definition) is 4. The van der Waals surface area contributed by atoms with Crippen LogP contribution in [0.3, 0.4) is 0 Å². The van der Waals surface area contributed by atoms with Gasteiger partial charge in [0.05, 0.1) is 13.2 Å². The van der Waals surface area contributed by atoms with Crippen molar-refractivity contribution in [3.05, 3.63) is 21.9 Å². The summed E-state index contributed by atoms with van der Waals surface area (Å²) in [6.07, 6.45) is 0. The number of carbonyl (C=O) groups is 2. The lowest BCUT2D eigenvalue weighted by Gasteiger charge is -2.32. The molecule has 1 aliphatic heterocycles. The number of hydrogen-bond donors (Lipinski definition) is 2. The van der Waals surface area contributed by atoms with Gasteiger partial charge in [-0.05, 0) is 28.8 Å². The first-order valence-corrected chi connectivity index (χ1v) is 6.90. The fourth-order valence-electron chi connectivity index (χ4n) is 1.89. The van der Waals surface area contributed by atoms with E-state index in [1.165, 1.54) is 4.90 Å². The minimum Gasteiger partial charge on any atom is -0.480 e. The number of thiophene rings is 1. The largest absolute Gasteiger partial charge is 0.480 e. The van der Waals surface area contributed by atoms with Gasteiger partial charge in [-0.15, -0.1) is 0 Å². The van der Waals surface area contributed by atoms with Crippen molar-refractivity contribution in [3.8, 4) is 0 Å². The highest BCUT2D eigenvalue weighted by atomic mass is 32.1. The van der Waals surface area contributed by atoms with Crippen LogP contribution in [0.4, 0.5) is 4.79 Å². The molecule has 0 radical (unpaired) electrons. The van der Waals surface area contributed by atoms with Crippen LogP contribution in [0.5, 0.6) is 0 Å². The van der Waals surface area contributed by atoms with E-state index in [1.807, 2.05) is 17.7 Å². The van der Waals surface area contributed by atoms with Gasteiger partial charge in [0.1, 0.15) is 0 Å². The van der Waals surface area contributed by atoms with Crippen molar-refractivity contribution in [1.82, 2.24) is 10.2 Å². The molecule has 2 heterocycles. The zero-order chi connectivity index (χ0) is 13.8. The van der Waals surface area contributed by atoms with Crippen LogP contribution in [0.1, 0.15) is 11.1 Å². The predicted molar refractivity (Wildman–Crippen MR) is 70.2 cm³/mol. The van der Waals surface area contributed by atoms with Crippen LogP contribution in [0, 0.1) is 6.92 Å². The van der Waals surface area contributed by atoms with E-state index in [0.29, 0.717) is 19.7 Å². The molecule has 2 rings (SSSR count). The van der Waals surface area contributed by atoms with Crippen molar-refractivity contribution in [1.29, 1.82) is 0 Å². The Hall–Kier alpha value is -1.60. The molecule has 1 atom stereocenters. The lowest BCUT2D eigenvalue weighted by atomic mass is 10.2. The second kappa shape index (κ2) is 6.03. The van der Waals surface area contributed by atoms with E-state index in [4.69, 9.17) is 9.84 Å². The molecule has 1 aromatic rings. The number of amides is 2. The number of nitrogens with zero attached hydrogens (tertiary/aromatic N) is 1. The quantitative estimate of drug-likeness (QED) is 0.869. The summed E-state index contributed by atoms with van der Waals surface area (Å²) in [5.41, 5.74) is 2.18. The van der Waals surface area contributed by atoms with Gasteiger partial charge in [-0.1, -0.05) is 0 Å². The summed E-state index contributed by atoms with van der Waals surface area (Å²) in [5.74, 6) is -1.04. The number of rotatable bonds is 3. The topological polar surface area (TPSA) is 78.9 Å². The molecule has 6 nitrogen and oxygen atoms in total. The Morgan fingerprint density at radius 2 is 2.37 bits per heavy atom. The van der Waals surface area contributed by atoms with E-state index in [-0.39, 0.29) is 12.6 Å². The summed E-state index contributed by atoms with van der Waals surface area (Å²) in [4.78, 5) is 24.4. The molecule has 0 aliphatic carbocycles. The highest BCUT2D eigenvalue weighted by Crippen LogP contribution is 2.14. The second-order valence-electron chi connectivity index (χ2n) is 4.36. The SMILES string of the molecule is Cc1cscc1CNC(=O)N1CCOCC1C(=O)O. The second-order valence-corrected chi connectivity index (χ2v) is 5.10. The third-order valence-corrected chi connectivity index (χ3v) is 3.98. The Kier molecular flexibility index (Phi) is 4.39. The Morgan fingerprint density at radius 3 is 3.00 bits per heavy atom. The van der Waals surface area contributed by atoms with Crippen molar-refractivity contribution in [2.75, 3.05) is 19.8 Å². The number of nitrogens with one attached hydrogen (secondary N) is 1. The first kappa shape index (κ1) is 13.8. The van der Waals surface area contributed by atoms with Crippen molar-refractivity contribution in [2.45, 2.75) is 19.5 Å². The summed E-state index contributed by atoms with van der Waals surface area (Å²) < 4.78 is 5.09. The third-order valence-electron chi connectivity index (χ3n) is 3.07. The normalized spacial score (nSPS) is 19.2. The van der Waals surface area contributed by atoms with Gasteiger partial charge in [-0.3, -0.25) is 0 Å². The summed E-state index contributed by atoms with van der Waals surface area (Å²) in [7, 11) is 0. The van der Waals surface area contributed by atoms with Crippen LogP contribution in [0.25, 0.3) is 0 Å². The molecular weight excluding hydrogens is 268 g/mol. The molecule has 0 aromatic carbocycles. The van der Waals surface area contributed by atoms with Gasteiger partial charge in [0.2, 0.25) is 0 Å².